The maximum atomic E-state index is 12.9. The molecule has 2 fully saturated rings. The van der Waals surface area contributed by atoms with Crippen LogP contribution in [0.15, 0.2) is 47.4 Å². The Kier molecular flexibility index (Phi) is 6.59. The summed E-state index contributed by atoms with van der Waals surface area (Å²) in [7, 11) is -3.54. The molecule has 33 heavy (non-hydrogen) atoms. The van der Waals surface area contributed by atoms with Crippen LogP contribution in [0.3, 0.4) is 0 Å². The molecule has 2 heterocycles. The Hall–Kier alpha value is -2.71. The van der Waals surface area contributed by atoms with Gasteiger partial charge in [-0.3, -0.25) is 9.59 Å². The Morgan fingerprint density at radius 1 is 1.03 bits per heavy atom. The highest BCUT2D eigenvalue weighted by Gasteiger charge is 2.35. The minimum Gasteiger partial charge on any atom is -0.326 e. The number of nitrogens with zero attached hydrogens (tertiary/aromatic N) is 2. The van der Waals surface area contributed by atoms with E-state index >= 15 is 0 Å². The van der Waals surface area contributed by atoms with Crippen molar-refractivity contribution in [2.75, 3.05) is 29.9 Å². The second-order valence-corrected chi connectivity index (χ2v) is 11.3. The van der Waals surface area contributed by atoms with Crippen LogP contribution in [0.25, 0.3) is 0 Å². The molecule has 8 heteroatoms. The summed E-state index contributed by atoms with van der Waals surface area (Å²) in [4.78, 5) is 27.3. The van der Waals surface area contributed by atoms with Crippen LogP contribution in [-0.2, 0) is 19.6 Å². The molecular weight excluding hydrogens is 438 g/mol. The number of anilines is 2. The molecular formula is C25H31N3O4S. The third-order valence-corrected chi connectivity index (χ3v) is 8.27. The predicted molar refractivity (Wildman–Crippen MR) is 129 cm³/mol. The lowest BCUT2D eigenvalue weighted by Crippen LogP contribution is -2.39. The van der Waals surface area contributed by atoms with Crippen molar-refractivity contribution in [3.05, 3.63) is 53.6 Å². The highest BCUT2D eigenvalue weighted by atomic mass is 32.2. The minimum atomic E-state index is -3.54. The number of rotatable bonds is 5. The lowest BCUT2D eigenvalue weighted by Gasteiger charge is -2.30. The van der Waals surface area contributed by atoms with E-state index in [2.05, 4.69) is 12.2 Å². The zero-order chi connectivity index (χ0) is 23.8. The van der Waals surface area contributed by atoms with Crippen LogP contribution in [0.5, 0.6) is 0 Å². The smallest absolute Gasteiger partial charge is 0.243 e. The molecule has 2 aromatic rings. The Morgan fingerprint density at radius 2 is 1.70 bits per heavy atom. The van der Waals surface area contributed by atoms with Gasteiger partial charge in [0.1, 0.15) is 0 Å². The van der Waals surface area contributed by atoms with E-state index in [1.807, 2.05) is 32.0 Å². The fraction of sp³-hybridized carbons (Fsp3) is 0.440. The van der Waals surface area contributed by atoms with Gasteiger partial charge in [0.05, 0.1) is 10.8 Å². The highest BCUT2D eigenvalue weighted by Crippen LogP contribution is 2.28. The summed E-state index contributed by atoms with van der Waals surface area (Å²) in [6, 6.07) is 12.2. The van der Waals surface area contributed by atoms with E-state index in [-0.39, 0.29) is 23.1 Å². The number of nitrogens with one attached hydrogen (secondary N) is 1. The van der Waals surface area contributed by atoms with Crippen LogP contribution >= 0.6 is 0 Å². The monoisotopic (exact) mass is 469 g/mol. The lowest BCUT2D eigenvalue weighted by molar-refractivity contribution is -0.122. The number of aryl methyl sites for hydroxylation is 2. The summed E-state index contributed by atoms with van der Waals surface area (Å²) in [6.07, 6.45) is 2.06. The standard InChI is InChI=1S/C25H31N3O4S/c1-17-5-4-10-27(15-17)33(31,32)23-8-6-21(7-9-23)26-25(30)20-14-24(29)28(16-20)22-12-18(2)11-19(3)13-22/h6-9,11-13,17,20H,4-5,10,14-16H2,1-3H3,(H,26,30). The van der Waals surface area contributed by atoms with Gasteiger partial charge in [-0.25, -0.2) is 8.42 Å². The largest absolute Gasteiger partial charge is 0.326 e. The van der Waals surface area contributed by atoms with Crippen molar-refractivity contribution in [3.63, 3.8) is 0 Å². The normalized spacial score (nSPS) is 21.9. The first-order valence-corrected chi connectivity index (χ1v) is 12.9. The molecule has 0 aromatic heterocycles. The third kappa shape index (κ3) is 5.12. The van der Waals surface area contributed by atoms with Gasteiger partial charge in [0, 0.05) is 37.4 Å². The van der Waals surface area contributed by atoms with Crippen molar-refractivity contribution in [2.24, 2.45) is 11.8 Å². The Bertz CT molecular complexity index is 1140. The van der Waals surface area contributed by atoms with Crippen LogP contribution in [0.2, 0.25) is 0 Å². The molecule has 2 unspecified atom stereocenters. The van der Waals surface area contributed by atoms with E-state index < -0.39 is 15.9 Å². The predicted octanol–water partition coefficient (Wildman–Crippen LogP) is 3.72. The maximum Gasteiger partial charge on any atom is 0.243 e. The number of benzene rings is 2. The summed E-state index contributed by atoms with van der Waals surface area (Å²) in [5, 5.41) is 2.84. The van der Waals surface area contributed by atoms with Crippen LogP contribution < -0.4 is 10.2 Å². The number of hydrogen-bond donors (Lipinski definition) is 1. The van der Waals surface area contributed by atoms with Crippen molar-refractivity contribution >= 4 is 33.2 Å². The van der Waals surface area contributed by atoms with Crippen molar-refractivity contribution in [2.45, 2.75) is 44.9 Å². The van der Waals surface area contributed by atoms with Gasteiger partial charge in [-0.15, -0.1) is 0 Å². The second kappa shape index (κ2) is 9.27. The molecule has 0 spiro atoms. The molecule has 2 saturated heterocycles. The zero-order valence-electron chi connectivity index (χ0n) is 19.4. The molecule has 1 N–H and O–H groups in total. The fourth-order valence-electron chi connectivity index (χ4n) is 4.71. The number of sulfonamides is 1. The van der Waals surface area contributed by atoms with E-state index in [0.29, 0.717) is 31.2 Å². The van der Waals surface area contributed by atoms with Gasteiger partial charge >= 0.3 is 0 Å². The summed E-state index contributed by atoms with van der Waals surface area (Å²) in [6.45, 7) is 7.43. The van der Waals surface area contributed by atoms with Gasteiger partial charge in [0.15, 0.2) is 0 Å². The van der Waals surface area contributed by atoms with Crippen LogP contribution in [-0.4, -0.2) is 44.2 Å². The van der Waals surface area contributed by atoms with Gasteiger partial charge in [-0.1, -0.05) is 13.0 Å². The summed E-state index contributed by atoms with van der Waals surface area (Å²) < 4.78 is 27.4. The molecule has 0 radical (unpaired) electrons. The third-order valence-electron chi connectivity index (χ3n) is 6.39. The number of carbonyl (C=O) groups excluding carboxylic acids is 2. The SMILES string of the molecule is Cc1cc(C)cc(N2CC(C(=O)Nc3ccc(S(=O)(=O)N4CCCC(C)C4)cc3)CC2=O)c1. The van der Waals surface area contributed by atoms with Gasteiger partial charge < -0.3 is 10.2 Å². The number of hydrogen-bond acceptors (Lipinski definition) is 4. The van der Waals surface area contributed by atoms with E-state index in [1.54, 1.807) is 21.3 Å². The first kappa shape index (κ1) is 23.4. The molecule has 176 valence electrons. The second-order valence-electron chi connectivity index (χ2n) is 9.38. The fourth-order valence-corrected chi connectivity index (χ4v) is 6.31. The number of piperidine rings is 1. The van der Waals surface area contributed by atoms with E-state index in [0.717, 1.165) is 29.7 Å². The van der Waals surface area contributed by atoms with Crippen LogP contribution in [0.1, 0.15) is 37.3 Å². The lowest BCUT2D eigenvalue weighted by atomic mass is 10.0. The molecule has 7 nitrogen and oxygen atoms in total. The minimum absolute atomic E-state index is 0.0719. The molecule has 0 aliphatic carbocycles. The van der Waals surface area contributed by atoms with Crippen molar-refractivity contribution in [3.8, 4) is 0 Å². The van der Waals surface area contributed by atoms with Crippen LogP contribution in [0.4, 0.5) is 11.4 Å². The Balaban J connectivity index is 1.41. The summed E-state index contributed by atoms with van der Waals surface area (Å²) >= 11 is 0. The Labute approximate surface area is 195 Å². The quantitative estimate of drug-likeness (QED) is 0.723. The number of amides is 2. The first-order valence-electron chi connectivity index (χ1n) is 11.4. The van der Waals surface area contributed by atoms with Gasteiger partial charge in [-0.2, -0.15) is 4.31 Å². The van der Waals surface area contributed by atoms with Gasteiger partial charge in [-0.05, 0) is 80.1 Å². The molecule has 0 bridgehead atoms. The molecule has 2 amide bonds. The maximum absolute atomic E-state index is 12.9. The van der Waals surface area contributed by atoms with Crippen molar-refractivity contribution in [1.29, 1.82) is 0 Å². The van der Waals surface area contributed by atoms with Crippen molar-refractivity contribution < 1.29 is 18.0 Å². The molecule has 2 aromatic carbocycles. The van der Waals surface area contributed by atoms with E-state index in [1.165, 1.54) is 12.1 Å². The van der Waals surface area contributed by atoms with Gasteiger partial charge in [0.25, 0.3) is 0 Å². The van der Waals surface area contributed by atoms with E-state index in [4.69, 9.17) is 0 Å². The molecule has 2 aliphatic heterocycles. The molecule has 0 saturated carbocycles. The van der Waals surface area contributed by atoms with Crippen molar-refractivity contribution in [1.82, 2.24) is 4.31 Å². The average Bonchev–Trinajstić information content (AvgIpc) is 3.15. The molecule has 2 aliphatic rings. The highest BCUT2D eigenvalue weighted by molar-refractivity contribution is 7.89. The summed E-state index contributed by atoms with van der Waals surface area (Å²) in [5.74, 6) is -0.422. The molecule has 4 rings (SSSR count). The van der Waals surface area contributed by atoms with Gasteiger partial charge in [0.2, 0.25) is 21.8 Å². The average molecular weight is 470 g/mol. The van der Waals surface area contributed by atoms with E-state index in [9.17, 15) is 18.0 Å². The molecule has 2 atom stereocenters. The Morgan fingerprint density at radius 3 is 2.33 bits per heavy atom. The van der Waals surface area contributed by atoms with Crippen LogP contribution in [0, 0.1) is 25.7 Å². The summed E-state index contributed by atoms with van der Waals surface area (Å²) in [5.41, 5.74) is 3.47. The number of carbonyl (C=O) groups is 2. The zero-order valence-corrected chi connectivity index (χ0v) is 20.2. The topological polar surface area (TPSA) is 86.8 Å². The first-order chi connectivity index (χ1) is 15.6.